The van der Waals surface area contributed by atoms with E-state index in [2.05, 4.69) is 37.9 Å². The second kappa shape index (κ2) is 14.9. The molecule has 3 aromatic rings. The topological polar surface area (TPSA) is 109 Å². The Morgan fingerprint density at radius 2 is 1.79 bits per heavy atom. The van der Waals surface area contributed by atoms with Crippen LogP contribution in [0.2, 0.25) is 0 Å². The van der Waals surface area contributed by atoms with E-state index in [1.165, 1.54) is 5.56 Å². The average molecular weight is 592 g/mol. The molecule has 0 atom stereocenters. The molecule has 0 bridgehead atoms. The van der Waals surface area contributed by atoms with Crippen molar-refractivity contribution in [1.29, 1.82) is 0 Å². The van der Waals surface area contributed by atoms with Gasteiger partial charge in [0.15, 0.2) is 0 Å². The Hall–Kier alpha value is -3.31. The zero-order valence-electron chi connectivity index (χ0n) is 25.5. The van der Waals surface area contributed by atoms with Crippen molar-refractivity contribution >= 4 is 28.9 Å². The maximum Gasteiger partial charge on any atom is 0.332 e. The first kappa shape index (κ1) is 31.1. The highest BCUT2D eigenvalue weighted by atomic mass is 16.6. The van der Waals surface area contributed by atoms with Gasteiger partial charge in [0, 0.05) is 57.5 Å². The fraction of sp³-hybridized carbons (Fsp3) is 0.545. The number of hydrogen-bond acceptors (Lipinski definition) is 8. The van der Waals surface area contributed by atoms with Crippen molar-refractivity contribution < 1.29 is 24.2 Å². The van der Waals surface area contributed by atoms with E-state index in [0.717, 1.165) is 81.5 Å². The molecule has 232 valence electrons. The highest BCUT2D eigenvalue weighted by Gasteiger charge is 2.27. The number of piperazine rings is 1. The van der Waals surface area contributed by atoms with Crippen molar-refractivity contribution in [2.75, 3.05) is 64.5 Å². The van der Waals surface area contributed by atoms with E-state index in [-0.39, 0.29) is 31.1 Å². The van der Waals surface area contributed by atoms with Gasteiger partial charge in [-0.15, -0.1) is 0 Å². The standard InChI is InChI=1S/C33H45N5O5/c1-3-43-31(40)23-42-18-17-36-13-15-37(16-14-36)21-26-9-12-30-29(20-26)34-33(35-32(41)27-6-4-5-24(2)19-27)38(30)28-10-7-25(22-39)8-11-28/h4-6,9,12,19-20,25,28,39H,3,7-8,10-11,13-18,21-23H2,1-2H3,(H,34,35,41). The molecule has 1 saturated carbocycles. The number of aliphatic hydroxyl groups is 1. The molecule has 2 fully saturated rings. The number of aliphatic hydroxyl groups excluding tert-OH is 1. The summed E-state index contributed by atoms with van der Waals surface area (Å²) >= 11 is 0. The number of ether oxygens (including phenoxy) is 2. The van der Waals surface area contributed by atoms with Crippen LogP contribution in [0, 0.1) is 12.8 Å². The minimum Gasteiger partial charge on any atom is -0.464 e. The van der Waals surface area contributed by atoms with Gasteiger partial charge >= 0.3 is 5.97 Å². The number of benzene rings is 2. The molecule has 1 amide bonds. The molecule has 1 saturated heterocycles. The van der Waals surface area contributed by atoms with E-state index in [1.807, 2.05) is 31.2 Å². The summed E-state index contributed by atoms with van der Waals surface area (Å²) in [7, 11) is 0. The zero-order valence-corrected chi connectivity index (χ0v) is 25.5. The van der Waals surface area contributed by atoms with E-state index in [4.69, 9.17) is 14.5 Å². The molecule has 2 heterocycles. The van der Waals surface area contributed by atoms with Crippen molar-refractivity contribution in [2.24, 2.45) is 5.92 Å². The normalized spacial score (nSPS) is 19.9. The largest absolute Gasteiger partial charge is 0.464 e. The Balaban J connectivity index is 1.24. The molecule has 2 aliphatic rings. The summed E-state index contributed by atoms with van der Waals surface area (Å²) in [6.07, 6.45) is 3.83. The molecule has 0 radical (unpaired) electrons. The maximum atomic E-state index is 13.2. The van der Waals surface area contributed by atoms with Gasteiger partial charge in [0.1, 0.15) is 6.61 Å². The third kappa shape index (κ3) is 8.20. The fourth-order valence-corrected chi connectivity index (χ4v) is 6.23. The third-order valence-corrected chi connectivity index (χ3v) is 8.65. The second-order valence-electron chi connectivity index (χ2n) is 11.8. The number of nitrogens with one attached hydrogen (secondary N) is 1. The zero-order chi connectivity index (χ0) is 30.2. The van der Waals surface area contributed by atoms with E-state index >= 15 is 0 Å². The molecule has 1 aliphatic heterocycles. The first-order valence-corrected chi connectivity index (χ1v) is 15.6. The minimum atomic E-state index is -0.316. The number of amides is 1. The quantitative estimate of drug-likeness (QED) is 0.240. The van der Waals surface area contributed by atoms with Gasteiger partial charge in [-0.25, -0.2) is 9.78 Å². The molecule has 10 heteroatoms. The Bertz CT molecular complexity index is 1380. The highest BCUT2D eigenvalue weighted by molar-refractivity contribution is 6.04. The second-order valence-corrected chi connectivity index (χ2v) is 11.8. The van der Waals surface area contributed by atoms with Crippen LogP contribution in [0.25, 0.3) is 11.0 Å². The summed E-state index contributed by atoms with van der Waals surface area (Å²) in [6, 6.07) is 14.3. The molecule has 2 aromatic carbocycles. The lowest BCUT2D eigenvalue weighted by Gasteiger charge is -2.34. The summed E-state index contributed by atoms with van der Waals surface area (Å²) in [5.74, 6) is 0.461. The number of hydrogen-bond donors (Lipinski definition) is 2. The van der Waals surface area contributed by atoms with Crippen molar-refractivity contribution in [3.63, 3.8) is 0 Å². The van der Waals surface area contributed by atoms with Gasteiger partial charge in [-0.3, -0.25) is 19.9 Å². The van der Waals surface area contributed by atoms with E-state index in [1.54, 1.807) is 6.92 Å². The first-order chi connectivity index (χ1) is 20.9. The van der Waals surface area contributed by atoms with Crippen LogP contribution in [-0.4, -0.2) is 95.5 Å². The number of anilines is 1. The molecule has 2 N–H and O–H groups in total. The number of fused-ring (bicyclic) bond motifs is 1. The minimum absolute atomic E-state index is 0.00723. The van der Waals surface area contributed by atoms with Crippen LogP contribution in [0.5, 0.6) is 0 Å². The number of nitrogens with zero attached hydrogens (tertiary/aromatic N) is 4. The van der Waals surface area contributed by atoms with Gasteiger partial charge in [-0.05, 0) is 75.3 Å². The molecule has 1 aliphatic carbocycles. The Morgan fingerprint density at radius 3 is 2.51 bits per heavy atom. The summed E-state index contributed by atoms with van der Waals surface area (Å²) in [6.45, 7) is 10.3. The van der Waals surface area contributed by atoms with Crippen LogP contribution in [0.3, 0.4) is 0 Å². The summed E-state index contributed by atoms with van der Waals surface area (Å²) < 4.78 is 12.6. The van der Waals surface area contributed by atoms with Gasteiger partial charge in [0.25, 0.3) is 5.91 Å². The van der Waals surface area contributed by atoms with Crippen molar-refractivity contribution in [2.45, 2.75) is 52.1 Å². The first-order valence-electron chi connectivity index (χ1n) is 15.6. The van der Waals surface area contributed by atoms with Gasteiger partial charge in [0.05, 0.1) is 24.2 Å². The van der Waals surface area contributed by atoms with Gasteiger partial charge in [-0.1, -0.05) is 23.8 Å². The summed E-state index contributed by atoms with van der Waals surface area (Å²) in [4.78, 5) is 34.4. The number of aryl methyl sites for hydroxylation is 1. The van der Waals surface area contributed by atoms with Gasteiger partial charge in [0.2, 0.25) is 5.95 Å². The molecular weight excluding hydrogens is 546 g/mol. The molecule has 5 rings (SSSR count). The lowest BCUT2D eigenvalue weighted by Crippen LogP contribution is -2.46. The van der Waals surface area contributed by atoms with Crippen molar-refractivity contribution in [3.05, 3.63) is 59.2 Å². The van der Waals surface area contributed by atoms with E-state index < -0.39 is 0 Å². The van der Waals surface area contributed by atoms with Gasteiger partial charge in [-0.2, -0.15) is 0 Å². The van der Waals surface area contributed by atoms with E-state index in [9.17, 15) is 14.7 Å². The predicted molar refractivity (Wildman–Crippen MR) is 166 cm³/mol. The number of rotatable bonds is 12. The van der Waals surface area contributed by atoms with Gasteiger partial charge < -0.3 is 19.1 Å². The van der Waals surface area contributed by atoms with Crippen LogP contribution in [0.15, 0.2) is 42.5 Å². The lowest BCUT2D eigenvalue weighted by atomic mass is 9.86. The van der Waals surface area contributed by atoms with Crippen molar-refractivity contribution in [1.82, 2.24) is 19.4 Å². The van der Waals surface area contributed by atoms with Crippen LogP contribution in [0.1, 0.15) is 60.1 Å². The van der Waals surface area contributed by atoms with E-state index in [0.29, 0.717) is 30.6 Å². The summed E-state index contributed by atoms with van der Waals surface area (Å²) in [5.41, 5.74) is 4.77. The van der Waals surface area contributed by atoms with Crippen LogP contribution in [0.4, 0.5) is 5.95 Å². The number of esters is 1. The Kier molecular flexibility index (Phi) is 10.8. The monoisotopic (exact) mass is 591 g/mol. The third-order valence-electron chi connectivity index (χ3n) is 8.65. The highest BCUT2D eigenvalue weighted by Crippen LogP contribution is 2.37. The molecule has 0 spiro atoms. The maximum absolute atomic E-state index is 13.2. The van der Waals surface area contributed by atoms with Crippen LogP contribution >= 0.6 is 0 Å². The predicted octanol–water partition coefficient (Wildman–Crippen LogP) is 4.02. The van der Waals surface area contributed by atoms with Crippen LogP contribution < -0.4 is 5.32 Å². The fourth-order valence-electron chi connectivity index (χ4n) is 6.23. The molecule has 0 unspecified atom stereocenters. The number of carbonyl (C=O) groups is 2. The number of aromatic nitrogens is 2. The molecular formula is C33H45N5O5. The number of imidazole rings is 1. The van der Waals surface area contributed by atoms with Crippen molar-refractivity contribution in [3.8, 4) is 0 Å². The lowest BCUT2D eigenvalue weighted by molar-refractivity contribution is -0.148. The molecule has 10 nitrogen and oxygen atoms in total. The van der Waals surface area contributed by atoms with Crippen LogP contribution in [-0.2, 0) is 20.8 Å². The smallest absolute Gasteiger partial charge is 0.332 e. The molecule has 1 aromatic heterocycles. The number of carbonyl (C=O) groups excluding carboxylic acids is 2. The Morgan fingerprint density at radius 1 is 1.02 bits per heavy atom. The Labute approximate surface area is 254 Å². The molecule has 43 heavy (non-hydrogen) atoms. The summed E-state index contributed by atoms with van der Waals surface area (Å²) in [5, 5.41) is 12.8. The SMILES string of the molecule is CCOC(=O)COCCN1CCN(Cc2ccc3c(c2)nc(NC(=O)c2cccc(C)c2)n3C2CCC(CO)CC2)CC1. The average Bonchev–Trinajstić information content (AvgIpc) is 3.37.